The number of ether oxygens (including phenoxy) is 2. The highest BCUT2D eigenvalue weighted by Gasteiger charge is 2.35. The van der Waals surface area contributed by atoms with Gasteiger partial charge in [-0.15, -0.1) is 0 Å². The molecule has 0 radical (unpaired) electrons. The van der Waals surface area contributed by atoms with Crippen molar-refractivity contribution in [3.8, 4) is 5.75 Å². The van der Waals surface area contributed by atoms with Crippen molar-refractivity contribution in [1.82, 2.24) is 0 Å². The molecule has 0 spiro atoms. The van der Waals surface area contributed by atoms with Gasteiger partial charge >= 0.3 is 5.97 Å². The van der Waals surface area contributed by atoms with Gasteiger partial charge < -0.3 is 9.47 Å². The summed E-state index contributed by atoms with van der Waals surface area (Å²) in [6, 6.07) is 5.95. The van der Waals surface area contributed by atoms with Gasteiger partial charge in [-0.25, -0.2) is 9.79 Å². The average Bonchev–Trinajstić information content (AvgIpc) is 3.25. The molecular formula is C16H17NO3. The first-order chi connectivity index (χ1) is 9.71. The van der Waals surface area contributed by atoms with E-state index in [0.717, 1.165) is 30.6 Å². The highest BCUT2D eigenvalue weighted by molar-refractivity contribution is 6.08. The SMILES string of the molecule is CCc1ccc(OC)c(/C=C2/N=C(C3CC3)OC2=O)c1. The molecule has 1 aliphatic heterocycles. The number of benzene rings is 1. The number of hydrogen-bond acceptors (Lipinski definition) is 4. The zero-order valence-corrected chi connectivity index (χ0v) is 11.7. The summed E-state index contributed by atoms with van der Waals surface area (Å²) in [5.74, 6) is 1.29. The number of carbonyl (C=O) groups is 1. The van der Waals surface area contributed by atoms with Crippen molar-refractivity contribution in [3.05, 3.63) is 35.0 Å². The Balaban J connectivity index is 1.96. The molecule has 1 aromatic rings. The van der Waals surface area contributed by atoms with E-state index in [4.69, 9.17) is 9.47 Å². The van der Waals surface area contributed by atoms with E-state index < -0.39 is 0 Å². The van der Waals surface area contributed by atoms with Gasteiger partial charge in [-0.05, 0) is 43.0 Å². The van der Waals surface area contributed by atoms with Crippen LogP contribution in [0.2, 0.25) is 0 Å². The van der Waals surface area contributed by atoms with Crippen LogP contribution in [-0.2, 0) is 16.0 Å². The number of nitrogens with zero attached hydrogens (tertiary/aromatic N) is 1. The number of aliphatic imine (C=N–C) groups is 1. The Bertz CT molecular complexity index is 612. The van der Waals surface area contributed by atoms with E-state index in [0.29, 0.717) is 17.5 Å². The zero-order valence-electron chi connectivity index (χ0n) is 11.7. The van der Waals surface area contributed by atoms with Gasteiger partial charge in [-0.3, -0.25) is 0 Å². The van der Waals surface area contributed by atoms with E-state index in [1.54, 1.807) is 13.2 Å². The van der Waals surface area contributed by atoms with E-state index in [-0.39, 0.29) is 5.97 Å². The molecule has 0 atom stereocenters. The Morgan fingerprint density at radius 1 is 1.45 bits per heavy atom. The minimum Gasteiger partial charge on any atom is -0.496 e. The highest BCUT2D eigenvalue weighted by Crippen LogP contribution is 2.35. The molecule has 0 aromatic heterocycles. The molecule has 3 rings (SSSR count). The summed E-state index contributed by atoms with van der Waals surface area (Å²) in [7, 11) is 1.62. The van der Waals surface area contributed by atoms with Gasteiger partial charge in [0.05, 0.1) is 7.11 Å². The molecule has 0 amide bonds. The minimum absolute atomic E-state index is 0.341. The molecule has 20 heavy (non-hydrogen) atoms. The molecule has 0 saturated heterocycles. The molecule has 1 saturated carbocycles. The first-order valence-corrected chi connectivity index (χ1v) is 6.90. The summed E-state index contributed by atoms with van der Waals surface area (Å²) in [5, 5.41) is 0. The molecule has 0 N–H and O–H groups in total. The lowest BCUT2D eigenvalue weighted by atomic mass is 10.1. The Labute approximate surface area is 118 Å². The fourth-order valence-electron chi connectivity index (χ4n) is 2.19. The standard InChI is InChI=1S/C16H17NO3/c1-3-10-4-7-14(19-2)12(8-10)9-13-16(18)20-15(17-13)11-5-6-11/h4,7-9,11H,3,5-6H2,1-2H3/b13-9+. The smallest absolute Gasteiger partial charge is 0.363 e. The molecule has 1 aliphatic carbocycles. The van der Waals surface area contributed by atoms with Gasteiger partial charge in [-0.1, -0.05) is 13.0 Å². The highest BCUT2D eigenvalue weighted by atomic mass is 16.6. The summed E-state index contributed by atoms with van der Waals surface area (Å²) in [6.07, 6.45) is 4.80. The molecule has 2 aliphatic rings. The van der Waals surface area contributed by atoms with Gasteiger partial charge in [-0.2, -0.15) is 0 Å². The van der Waals surface area contributed by atoms with Crippen LogP contribution in [0.5, 0.6) is 5.75 Å². The quantitative estimate of drug-likeness (QED) is 0.625. The van der Waals surface area contributed by atoms with Crippen molar-refractivity contribution in [2.24, 2.45) is 10.9 Å². The maximum Gasteiger partial charge on any atom is 0.363 e. The van der Waals surface area contributed by atoms with Crippen LogP contribution in [0.15, 0.2) is 28.9 Å². The Morgan fingerprint density at radius 2 is 2.25 bits per heavy atom. The second-order valence-electron chi connectivity index (χ2n) is 5.07. The van der Waals surface area contributed by atoms with Crippen LogP contribution >= 0.6 is 0 Å². The lowest BCUT2D eigenvalue weighted by Gasteiger charge is -2.06. The van der Waals surface area contributed by atoms with E-state index in [1.165, 1.54) is 5.56 Å². The lowest BCUT2D eigenvalue weighted by molar-refractivity contribution is -0.130. The molecule has 104 valence electrons. The largest absolute Gasteiger partial charge is 0.496 e. The summed E-state index contributed by atoms with van der Waals surface area (Å²) < 4.78 is 10.5. The van der Waals surface area contributed by atoms with Crippen LogP contribution in [0.1, 0.15) is 30.9 Å². The second kappa shape index (κ2) is 5.12. The number of hydrogen-bond donors (Lipinski definition) is 0. The molecule has 1 fully saturated rings. The zero-order chi connectivity index (χ0) is 14.1. The van der Waals surface area contributed by atoms with Crippen molar-refractivity contribution in [2.75, 3.05) is 7.11 Å². The van der Waals surface area contributed by atoms with E-state index in [1.807, 2.05) is 18.2 Å². The lowest BCUT2D eigenvalue weighted by Crippen LogP contribution is -2.05. The molecule has 4 nitrogen and oxygen atoms in total. The Hall–Kier alpha value is -2.10. The van der Waals surface area contributed by atoms with Gasteiger partial charge in [0.15, 0.2) is 5.70 Å². The number of aryl methyl sites for hydroxylation is 1. The third kappa shape index (κ3) is 2.46. The average molecular weight is 271 g/mol. The molecule has 1 aromatic carbocycles. The third-order valence-corrected chi connectivity index (χ3v) is 3.56. The predicted octanol–water partition coefficient (Wildman–Crippen LogP) is 2.96. The van der Waals surface area contributed by atoms with Gasteiger partial charge in [0, 0.05) is 11.5 Å². The van der Waals surface area contributed by atoms with Gasteiger partial charge in [0.2, 0.25) is 5.90 Å². The second-order valence-corrected chi connectivity index (χ2v) is 5.07. The van der Waals surface area contributed by atoms with Crippen molar-refractivity contribution in [3.63, 3.8) is 0 Å². The van der Waals surface area contributed by atoms with E-state index in [2.05, 4.69) is 11.9 Å². The van der Waals surface area contributed by atoms with Crippen LogP contribution < -0.4 is 4.74 Å². The van der Waals surface area contributed by atoms with Gasteiger partial charge in [0.25, 0.3) is 0 Å². The first-order valence-electron chi connectivity index (χ1n) is 6.90. The third-order valence-electron chi connectivity index (χ3n) is 3.56. The maximum absolute atomic E-state index is 11.8. The molecule has 1 heterocycles. The number of methoxy groups -OCH3 is 1. The van der Waals surface area contributed by atoms with Crippen molar-refractivity contribution in [1.29, 1.82) is 0 Å². The first kappa shape index (κ1) is 12.9. The van der Waals surface area contributed by atoms with Crippen molar-refractivity contribution in [2.45, 2.75) is 26.2 Å². The summed E-state index contributed by atoms with van der Waals surface area (Å²) in [6.45, 7) is 2.09. The van der Waals surface area contributed by atoms with Crippen molar-refractivity contribution < 1.29 is 14.3 Å². The van der Waals surface area contributed by atoms with Crippen LogP contribution in [-0.4, -0.2) is 19.0 Å². The van der Waals surface area contributed by atoms with E-state index in [9.17, 15) is 4.79 Å². The summed E-state index contributed by atoms with van der Waals surface area (Å²) >= 11 is 0. The fraction of sp³-hybridized carbons (Fsp3) is 0.375. The molecule has 0 bridgehead atoms. The predicted molar refractivity (Wildman–Crippen MR) is 76.6 cm³/mol. The number of cyclic esters (lactones) is 1. The normalized spacial score (nSPS) is 20.0. The van der Waals surface area contributed by atoms with Crippen LogP contribution in [0.25, 0.3) is 6.08 Å². The summed E-state index contributed by atoms with van der Waals surface area (Å²) in [5.41, 5.74) is 2.41. The molecule has 4 heteroatoms. The number of carbonyl (C=O) groups excluding carboxylic acids is 1. The fourth-order valence-corrected chi connectivity index (χ4v) is 2.19. The monoisotopic (exact) mass is 271 g/mol. The van der Waals surface area contributed by atoms with Crippen LogP contribution in [0.3, 0.4) is 0 Å². The topological polar surface area (TPSA) is 47.9 Å². The van der Waals surface area contributed by atoms with Gasteiger partial charge in [0.1, 0.15) is 5.75 Å². The number of esters is 1. The van der Waals surface area contributed by atoms with Crippen LogP contribution in [0.4, 0.5) is 0 Å². The maximum atomic E-state index is 11.8. The summed E-state index contributed by atoms with van der Waals surface area (Å²) in [4.78, 5) is 16.1. The minimum atomic E-state index is -0.365. The molecule has 0 unspecified atom stereocenters. The molecular weight excluding hydrogens is 254 g/mol. The Kier molecular flexibility index (Phi) is 3.30. The van der Waals surface area contributed by atoms with E-state index >= 15 is 0 Å². The van der Waals surface area contributed by atoms with Crippen molar-refractivity contribution >= 4 is 17.9 Å². The Morgan fingerprint density at radius 3 is 2.90 bits per heavy atom. The van der Waals surface area contributed by atoms with Crippen LogP contribution in [0, 0.1) is 5.92 Å². The number of rotatable bonds is 4.